The van der Waals surface area contributed by atoms with E-state index in [0.29, 0.717) is 30.3 Å². The molecular formula is C20H19IN2O3. The summed E-state index contributed by atoms with van der Waals surface area (Å²) < 4.78 is 12.6. The highest BCUT2D eigenvalue weighted by Gasteiger charge is 2.16. The van der Waals surface area contributed by atoms with E-state index < -0.39 is 0 Å². The lowest BCUT2D eigenvalue weighted by Crippen LogP contribution is -2.30. The Kier molecular flexibility index (Phi) is 5.95. The van der Waals surface area contributed by atoms with Crippen molar-refractivity contribution in [3.8, 4) is 11.5 Å². The Morgan fingerprint density at radius 1 is 1.12 bits per heavy atom. The molecule has 1 amide bonds. The van der Waals surface area contributed by atoms with Gasteiger partial charge in [0.05, 0.1) is 10.2 Å². The summed E-state index contributed by atoms with van der Waals surface area (Å²) in [6.45, 7) is 2.76. The molecule has 0 radical (unpaired) electrons. The molecule has 6 heteroatoms. The number of hydrazine groups is 1. The van der Waals surface area contributed by atoms with E-state index in [1.54, 1.807) is 12.1 Å². The van der Waals surface area contributed by atoms with Gasteiger partial charge in [-0.2, -0.15) is 0 Å². The first-order valence-electron chi connectivity index (χ1n) is 8.20. The zero-order valence-corrected chi connectivity index (χ0v) is 16.4. The van der Waals surface area contributed by atoms with Gasteiger partial charge < -0.3 is 9.47 Å². The number of rotatable bonds is 6. The fourth-order valence-corrected chi connectivity index (χ4v) is 3.51. The van der Waals surface area contributed by atoms with Crippen LogP contribution >= 0.6 is 22.6 Å². The normalized spacial score (nSPS) is 10.6. The number of benzene rings is 3. The van der Waals surface area contributed by atoms with Crippen molar-refractivity contribution in [1.82, 2.24) is 5.43 Å². The van der Waals surface area contributed by atoms with Crippen molar-refractivity contribution >= 4 is 39.3 Å². The number of hydrogen-bond donors (Lipinski definition) is 2. The van der Waals surface area contributed by atoms with Crippen LogP contribution in [0.25, 0.3) is 10.8 Å². The summed E-state index contributed by atoms with van der Waals surface area (Å²) in [5.74, 6) is 6.00. The molecule has 0 aromatic heterocycles. The SMILES string of the molecule is CCOc1cc(C(=O)NN)cc(I)c1OCc1cccc2ccccc12. The maximum atomic E-state index is 11.8. The lowest BCUT2D eigenvalue weighted by atomic mass is 10.1. The van der Waals surface area contributed by atoms with E-state index in [1.165, 1.54) is 5.39 Å². The van der Waals surface area contributed by atoms with Crippen molar-refractivity contribution in [2.45, 2.75) is 13.5 Å². The number of ether oxygens (including phenoxy) is 2. The van der Waals surface area contributed by atoms with Crippen LogP contribution in [0.15, 0.2) is 54.6 Å². The van der Waals surface area contributed by atoms with Crippen molar-refractivity contribution < 1.29 is 14.3 Å². The number of carbonyl (C=O) groups is 1. The van der Waals surface area contributed by atoms with Crippen LogP contribution in [0.2, 0.25) is 0 Å². The Morgan fingerprint density at radius 3 is 2.65 bits per heavy atom. The van der Waals surface area contributed by atoms with Crippen LogP contribution in [-0.4, -0.2) is 12.5 Å². The zero-order chi connectivity index (χ0) is 18.5. The summed E-state index contributed by atoms with van der Waals surface area (Å²) in [5.41, 5.74) is 3.65. The molecule has 0 aliphatic carbocycles. The molecule has 0 spiro atoms. The fourth-order valence-electron chi connectivity index (χ4n) is 2.75. The maximum absolute atomic E-state index is 11.8. The Hall–Kier alpha value is -2.32. The minimum Gasteiger partial charge on any atom is -0.490 e. The van der Waals surface area contributed by atoms with Gasteiger partial charge in [0.25, 0.3) is 5.91 Å². The monoisotopic (exact) mass is 462 g/mol. The minimum atomic E-state index is -0.371. The van der Waals surface area contributed by atoms with E-state index in [4.69, 9.17) is 15.3 Å². The lowest BCUT2D eigenvalue weighted by Gasteiger charge is -2.16. The predicted octanol–water partition coefficient (Wildman–Crippen LogP) is 4.03. The smallest absolute Gasteiger partial charge is 0.265 e. The number of nitrogen functional groups attached to an aromatic ring is 1. The molecule has 0 bridgehead atoms. The molecule has 0 heterocycles. The first kappa shape index (κ1) is 18.5. The summed E-state index contributed by atoms with van der Waals surface area (Å²) in [7, 11) is 0. The number of amides is 1. The summed E-state index contributed by atoms with van der Waals surface area (Å²) in [5, 5.41) is 2.32. The van der Waals surface area contributed by atoms with Crippen LogP contribution in [0.3, 0.4) is 0 Å². The molecule has 0 aliphatic heterocycles. The topological polar surface area (TPSA) is 73.6 Å². The molecule has 134 valence electrons. The number of nitrogens with two attached hydrogens (primary N) is 1. The summed E-state index contributed by atoms with van der Waals surface area (Å²) in [6.07, 6.45) is 0. The first-order valence-corrected chi connectivity index (χ1v) is 9.28. The van der Waals surface area contributed by atoms with Gasteiger partial charge in [-0.3, -0.25) is 10.2 Å². The van der Waals surface area contributed by atoms with Crippen LogP contribution in [0, 0.1) is 3.57 Å². The Bertz CT molecular complexity index is 938. The minimum absolute atomic E-state index is 0.371. The third-order valence-corrected chi connectivity index (χ3v) is 4.76. The molecule has 26 heavy (non-hydrogen) atoms. The van der Waals surface area contributed by atoms with Crippen LogP contribution in [0.4, 0.5) is 0 Å². The summed E-state index contributed by atoms with van der Waals surface area (Å²) >= 11 is 2.14. The molecule has 5 nitrogen and oxygen atoms in total. The standard InChI is InChI=1S/C20H19IN2O3/c1-2-25-18-11-15(20(24)23-22)10-17(21)19(18)26-12-14-8-5-7-13-6-3-4-9-16(13)14/h3-11H,2,12,22H2,1H3,(H,23,24). The molecule has 0 atom stereocenters. The van der Waals surface area contributed by atoms with Crippen LogP contribution in [-0.2, 0) is 6.61 Å². The van der Waals surface area contributed by atoms with Crippen molar-refractivity contribution in [1.29, 1.82) is 0 Å². The third kappa shape index (κ3) is 3.91. The van der Waals surface area contributed by atoms with Crippen molar-refractivity contribution in [3.63, 3.8) is 0 Å². The molecule has 0 unspecified atom stereocenters. The Labute approximate surface area is 165 Å². The first-order chi connectivity index (χ1) is 12.6. The Morgan fingerprint density at radius 2 is 1.88 bits per heavy atom. The van der Waals surface area contributed by atoms with Crippen LogP contribution < -0.4 is 20.7 Å². The molecule has 0 saturated heterocycles. The quantitative estimate of drug-likeness (QED) is 0.251. The van der Waals surface area contributed by atoms with Crippen LogP contribution in [0.5, 0.6) is 11.5 Å². The predicted molar refractivity (Wildman–Crippen MR) is 110 cm³/mol. The summed E-state index contributed by atoms with van der Waals surface area (Å²) in [4.78, 5) is 11.8. The van der Waals surface area contributed by atoms with Crippen molar-refractivity contribution in [2.75, 3.05) is 6.61 Å². The third-order valence-electron chi connectivity index (χ3n) is 3.95. The largest absolute Gasteiger partial charge is 0.490 e. The molecule has 3 aromatic carbocycles. The lowest BCUT2D eigenvalue weighted by molar-refractivity contribution is 0.0953. The Balaban J connectivity index is 1.92. The van der Waals surface area contributed by atoms with E-state index in [9.17, 15) is 4.79 Å². The van der Waals surface area contributed by atoms with Gasteiger partial charge in [0.2, 0.25) is 0 Å². The molecule has 0 fully saturated rings. The van der Waals surface area contributed by atoms with Crippen molar-refractivity contribution in [2.24, 2.45) is 5.84 Å². The molecule has 3 rings (SSSR count). The highest BCUT2D eigenvalue weighted by molar-refractivity contribution is 14.1. The number of nitrogens with one attached hydrogen (secondary N) is 1. The highest BCUT2D eigenvalue weighted by Crippen LogP contribution is 2.35. The number of halogens is 1. The second-order valence-corrected chi connectivity index (χ2v) is 6.78. The van der Waals surface area contributed by atoms with Gasteiger partial charge in [-0.25, -0.2) is 5.84 Å². The fraction of sp³-hybridized carbons (Fsp3) is 0.150. The van der Waals surface area contributed by atoms with E-state index in [-0.39, 0.29) is 5.91 Å². The van der Waals surface area contributed by atoms with Gasteiger partial charge in [0.1, 0.15) is 6.61 Å². The van der Waals surface area contributed by atoms with Gasteiger partial charge in [-0.15, -0.1) is 0 Å². The van der Waals surface area contributed by atoms with Crippen molar-refractivity contribution in [3.05, 3.63) is 69.3 Å². The number of carbonyl (C=O) groups excluding carboxylic acids is 1. The molecule has 0 aliphatic rings. The average molecular weight is 462 g/mol. The number of fused-ring (bicyclic) bond motifs is 1. The van der Waals surface area contributed by atoms with Crippen LogP contribution in [0.1, 0.15) is 22.8 Å². The van der Waals surface area contributed by atoms with Gasteiger partial charge in [0.15, 0.2) is 11.5 Å². The van der Waals surface area contributed by atoms with E-state index >= 15 is 0 Å². The molecule has 0 saturated carbocycles. The molecular weight excluding hydrogens is 443 g/mol. The number of hydrogen-bond acceptors (Lipinski definition) is 4. The van der Waals surface area contributed by atoms with E-state index in [0.717, 1.165) is 14.5 Å². The maximum Gasteiger partial charge on any atom is 0.265 e. The highest BCUT2D eigenvalue weighted by atomic mass is 127. The molecule has 3 aromatic rings. The molecule has 3 N–H and O–H groups in total. The second-order valence-electron chi connectivity index (χ2n) is 5.62. The van der Waals surface area contributed by atoms with Gasteiger partial charge >= 0.3 is 0 Å². The average Bonchev–Trinajstić information content (AvgIpc) is 2.66. The second kappa shape index (κ2) is 8.37. The van der Waals surface area contributed by atoms with Gasteiger partial charge in [-0.1, -0.05) is 42.5 Å². The van der Waals surface area contributed by atoms with E-state index in [2.05, 4.69) is 46.2 Å². The van der Waals surface area contributed by atoms with E-state index in [1.807, 2.05) is 31.2 Å². The van der Waals surface area contributed by atoms with Gasteiger partial charge in [-0.05, 0) is 58.0 Å². The zero-order valence-electron chi connectivity index (χ0n) is 14.3. The summed E-state index contributed by atoms with van der Waals surface area (Å²) in [6, 6.07) is 17.7. The van der Waals surface area contributed by atoms with Gasteiger partial charge in [0, 0.05) is 5.56 Å².